The van der Waals surface area contributed by atoms with Crippen molar-refractivity contribution >= 4 is 21.6 Å². The van der Waals surface area contributed by atoms with Gasteiger partial charge in [0, 0.05) is 0 Å². The van der Waals surface area contributed by atoms with Gasteiger partial charge in [0.2, 0.25) is 10.0 Å². The number of nitrogens with zero attached hydrogens (tertiary/aromatic N) is 1. The van der Waals surface area contributed by atoms with Gasteiger partial charge >= 0.3 is 6.18 Å². The molecule has 1 amide bonds. The SMILES string of the molecule is CC(C)O[C@@H](CN(c1ccc(Oc2ccc(C(F)(F)F)cc2)cc1)S(C)(=O)=O)C(=O)NO. The number of ether oxygens (including phenoxy) is 2. The molecule has 0 aliphatic carbocycles. The van der Waals surface area contributed by atoms with Crippen molar-refractivity contribution in [1.29, 1.82) is 0 Å². The molecular weight excluding hydrogens is 453 g/mol. The smallest absolute Gasteiger partial charge is 0.416 e. The van der Waals surface area contributed by atoms with Crippen molar-refractivity contribution < 1.29 is 41.1 Å². The zero-order chi connectivity index (χ0) is 24.1. The van der Waals surface area contributed by atoms with E-state index < -0.39 is 46.4 Å². The van der Waals surface area contributed by atoms with Gasteiger partial charge in [-0.05, 0) is 62.4 Å². The Hall–Kier alpha value is -2.83. The molecule has 0 spiro atoms. The van der Waals surface area contributed by atoms with E-state index in [0.717, 1.165) is 22.7 Å². The molecule has 0 fully saturated rings. The lowest BCUT2D eigenvalue weighted by molar-refractivity contribution is -0.143. The molecule has 12 heteroatoms. The molecule has 0 unspecified atom stereocenters. The number of anilines is 1. The lowest BCUT2D eigenvalue weighted by Gasteiger charge is -2.27. The number of carbonyl (C=O) groups is 1. The van der Waals surface area contributed by atoms with E-state index in [1.807, 2.05) is 0 Å². The van der Waals surface area contributed by atoms with Crippen molar-refractivity contribution in [2.24, 2.45) is 0 Å². The molecule has 2 aromatic carbocycles. The van der Waals surface area contributed by atoms with Gasteiger partial charge in [0.25, 0.3) is 5.91 Å². The second-order valence-electron chi connectivity index (χ2n) is 7.06. The maximum Gasteiger partial charge on any atom is 0.416 e. The summed E-state index contributed by atoms with van der Waals surface area (Å²) in [5, 5.41) is 8.92. The predicted molar refractivity (Wildman–Crippen MR) is 110 cm³/mol. The number of hydrogen-bond donors (Lipinski definition) is 2. The first-order chi connectivity index (χ1) is 14.8. The van der Waals surface area contributed by atoms with Gasteiger partial charge in [0.1, 0.15) is 11.5 Å². The van der Waals surface area contributed by atoms with E-state index in [-0.39, 0.29) is 17.2 Å². The number of amides is 1. The van der Waals surface area contributed by atoms with Crippen molar-refractivity contribution in [2.75, 3.05) is 17.1 Å². The molecule has 0 aliphatic heterocycles. The Morgan fingerprint density at radius 3 is 1.97 bits per heavy atom. The molecule has 2 N–H and O–H groups in total. The monoisotopic (exact) mass is 476 g/mol. The topological polar surface area (TPSA) is 105 Å². The number of carbonyl (C=O) groups excluding carboxylic acids is 1. The Labute approximate surface area is 183 Å². The number of hydroxylamine groups is 1. The number of nitrogens with one attached hydrogen (secondary N) is 1. The zero-order valence-corrected chi connectivity index (χ0v) is 18.3. The summed E-state index contributed by atoms with van der Waals surface area (Å²) < 4.78 is 74.4. The second-order valence-corrected chi connectivity index (χ2v) is 8.97. The van der Waals surface area contributed by atoms with E-state index in [1.165, 1.54) is 41.9 Å². The lowest BCUT2D eigenvalue weighted by atomic mass is 10.2. The highest BCUT2D eigenvalue weighted by atomic mass is 32.2. The number of alkyl halides is 3. The number of hydrogen-bond acceptors (Lipinski definition) is 6. The van der Waals surface area contributed by atoms with E-state index in [9.17, 15) is 26.4 Å². The van der Waals surface area contributed by atoms with Crippen molar-refractivity contribution in [2.45, 2.75) is 32.2 Å². The van der Waals surface area contributed by atoms with Crippen LogP contribution in [-0.4, -0.2) is 44.5 Å². The maximum atomic E-state index is 12.7. The number of sulfonamides is 1. The van der Waals surface area contributed by atoms with E-state index in [4.69, 9.17) is 14.7 Å². The fraction of sp³-hybridized carbons (Fsp3) is 0.350. The molecule has 176 valence electrons. The van der Waals surface area contributed by atoms with Crippen LogP contribution in [0.5, 0.6) is 11.5 Å². The normalized spacial score (nSPS) is 13.0. The Morgan fingerprint density at radius 1 is 1.06 bits per heavy atom. The fourth-order valence-corrected chi connectivity index (χ4v) is 3.61. The van der Waals surface area contributed by atoms with Crippen LogP contribution in [0.15, 0.2) is 48.5 Å². The van der Waals surface area contributed by atoms with Gasteiger partial charge in [-0.15, -0.1) is 0 Å². The van der Waals surface area contributed by atoms with Crippen molar-refractivity contribution in [3.63, 3.8) is 0 Å². The summed E-state index contributed by atoms with van der Waals surface area (Å²) >= 11 is 0. The molecule has 0 aliphatic rings. The van der Waals surface area contributed by atoms with Gasteiger partial charge < -0.3 is 9.47 Å². The predicted octanol–water partition coefficient (Wildman–Crippen LogP) is 3.56. The Balaban J connectivity index is 2.22. The third kappa shape index (κ3) is 7.11. The molecule has 1 atom stereocenters. The quantitative estimate of drug-likeness (QED) is 0.424. The number of halogens is 3. The lowest BCUT2D eigenvalue weighted by Crippen LogP contribution is -2.46. The minimum Gasteiger partial charge on any atom is -0.457 e. The first kappa shape index (κ1) is 25.4. The zero-order valence-electron chi connectivity index (χ0n) is 17.5. The molecule has 2 rings (SSSR count). The summed E-state index contributed by atoms with van der Waals surface area (Å²) in [5.74, 6) is -0.490. The van der Waals surface area contributed by atoms with Crippen LogP contribution in [0.2, 0.25) is 0 Å². The van der Waals surface area contributed by atoms with Crippen molar-refractivity contribution in [1.82, 2.24) is 5.48 Å². The molecule has 0 heterocycles. The highest BCUT2D eigenvalue weighted by Gasteiger charge is 2.30. The standard InChI is InChI=1S/C20H23F3N2O6S/c1-13(2)30-18(19(26)24-27)12-25(32(3,28)29)15-6-10-17(11-7-15)31-16-8-4-14(5-9-16)20(21,22)23/h4-11,13,18,27H,12H2,1-3H3,(H,24,26)/t18-/m0/s1. The molecule has 0 saturated carbocycles. The van der Waals surface area contributed by atoms with Crippen LogP contribution in [0.1, 0.15) is 19.4 Å². The minimum absolute atomic E-state index is 0.163. The van der Waals surface area contributed by atoms with E-state index in [2.05, 4.69) is 0 Å². The van der Waals surface area contributed by atoms with Gasteiger partial charge in [-0.25, -0.2) is 13.9 Å². The summed E-state index contributed by atoms with van der Waals surface area (Å²) in [5.41, 5.74) is 0.832. The van der Waals surface area contributed by atoms with Gasteiger partial charge in [0.15, 0.2) is 6.10 Å². The minimum atomic E-state index is -4.46. The van der Waals surface area contributed by atoms with Crippen LogP contribution in [0.4, 0.5) is 18.9 Å². The molecule has 2 aromatic rings. The molecular formula is C20H23F3N2O6S. The molecule has 0 aromatic heterocycles. The number of rotatable bonds is 9. The second kappa shape index (κ2) is 10.2. The third-order valence-electron chi connectivity index (χ3n) is 4.11. The first-order valence-electron chi connectivity index (χ1n) is 9.33. The Bertz CT molecular complexity index is 1010. The molecule has 0 radical (unpaired) electrons. The molecule has 0 saturated heterocycles. The summed E-state index contributed by atoms with van der Waals surface area (Å²) in [7, 11) is -3.84. The average molecular weight is 476 g/mol. The maximum absolute atomic E-state index is 12.7. The van der Waals surface area contributed by atoms with Crippen LogP contribution in [-0.2, 0) is 25.7 Å². The van der Waals surface area contributed by atoms with E-state index in [1.54, 1.807) is 13.8 Å². The Morgan fingerprint density at radius 2 is 1.56 bits per heavy atom. The van der Waals surface area contributed by atoms with Crippen LogP contribution < -0.4 is 14.5 Å². The van der Waals surface area contributed by atoms with Crippen LogP contribution in [0, 0.1) is 0 Å². The van der Waals surface area contributed by atoms with Gasteiger partial charge in [0.05, 0.1) is 30.2 Å². The molecule has 32 heavy (non-hydrogen) atoms. The van der Waals surface area contributed by atoms with Crippen LogP contribution in [0.25, 0.3) is 0 Å². The van der Waals surface area contributed by atoms with Gasteiger partial charge in [-0.3, -0.25) is 14.3 Å². The summed E-state index contributed by atoms with van der Waals surface area (Å²) in [6, 6.07) is 9.77. The van der Waals surface area contributed by atoms with Gasteiger partial charge in [-0.2, -0.15) is 13.2 Å². The summed E-state index contributed by atoms with van der Waals surface area (Å²) in [6.45, 7) is 2.90. The summed E-state index contributed by atoms with van der Waals surface area (Å²) in [4.78, 5) is 11.9. The fourth-order valence-electron chi connectivity index (χ4n) is 2.70. The molecule has 0 bridgehead atoms. The Kier molecular flexibility index (Phi) is 8.10. The van der Waals surface area contributed by atoms with Crippen molar-refractivity contribution in [3.8, 4) is 11.5 Å². The summed E-state index contributed by atoms with van der Waals surface area (Å²) in [6.07, 6.45) is -5.21. The average Bonchev–Trinajstić information content (AvgIpc) is 2.70. The van der Waals surface area contributed by atoms with Crippen LogP contribution >= 0.6 is 0 Å². The van der Waals surface area contributed by atoms with Crippen molar-refractivity contribution in [3.05, 3.63) is 54.1 Å². The largest absolute Gasteiger partial charge is 0.457 e. The highest BCUT2D eigenvalue weighted by molar-refractivity contribution is 7.92. The number of benzene rings is 2. The first-order valence-corrected chi connectivity index (χ1v) is 11.2. The third-order valence-corrected chi connectivity index (χ3v) is 5.27. The van der Waals surface area contributed by atoms with Gasteiger partial charge in [-0.1, -0.05) is 0 Å². The molecule has 8 nitrogen and oxygen atoms in total. The van der Waals surface area contributed by atoms with E-state index >= 15 is 0 Å². The van der Waals surface area contributed by atoms with Crippen LogP contribution in [0.3, 0.4) is 0 Å². The van der Waals surface area contributed by atoms with E-state index in [0.29, 0.717) is 0 Å². The highest BCUT2D eigenvalue weighted by Crippen LogP contribution is 2.32.